The first kappa shape index (κ1) is 15.5. The Balaban J connectivity index is 1.52. The molecule has 132 valence electrons. The lowest BCUT2D eigenvalue weighted by atomic mass is 10.1. The summed E-state index contributed by atoms with van der Waals surface area (Å²) in [5.74, 6) is 1.74. The van der Waals surface area contributed by atoms with Gasteiger partial charge in [-0.1, -0.05) is 0 Å². The highest BCUT2D eigenvalue weighted by molar-refractivity contribution is 5.60. The Bertz CT molecular complexity index is 948. The summed E-state index contributed by atoms with van der Waals surface area (Å²) in [6.45, 7) is 2.35. The molecule has 0 radical (unpaired) electrons. The maximum atomic E-state index is 4.90. The minimum Gasteiger partial charge on any atom is -0.353 e. The Morgan fingerprint density at radius 3 is 2.85 bits per heavy atom. The van der Waals surface area contributed by atoms with E-state index in [2.05, 4.69) is 32.4 Å². The molecule has 0 amide bonds. The number of fused-ring (bicyclic) bond motifs is 2. The molecule has 4 heterocycles. The van der Waals surface area contributed by atoms with Gasteiger partial charge < -0.3 is 10.2 Å². The third-order valence-electron chi connectivity index (χ3n) is 5.24. The molecule has 7 nitrogen and oxygen atoms in total. The number of aromatic nitrogens is 5. The lowest BCUT2D eigenvalue weighted by Crippen LogP contribution is -2.21. The highest BCUT2D eigenvalue weighted by atomic mass is 15.2. The summed E-state index contributed by atoms with van der Waals surface area (Å²) in [6.07, 6.45) is 7.02. The number of nitrogens with one attached hydrogen (secondary N) is 2. The predicted molar refractivity (Wildman–Crippen MR) is 98.5 cm³/mol. The van der Waals surface area contributed by atoms with E-state index in [4.69, 9.17) is 9.97 Å². The molecule has 0 saturated carbocycles. The van der Waals surface area contributed by atoms with E-state index in [1.165, 1.54) is 23.2 Å². The molecule has 3 aromatic rings. The van der Waals surface area contributed by atoms with Gasteiger partial charge in [0.1, 0.15) is 5.82 Å². The van der Waals surface area contributed by atoms with Crippen LogP contribution in [-0.2, 0) is 32.5 Å². The summed E-state index contributed by atoms with van der Waals surface area (Å²) in [4.78, 5) is 16.0. The Morgan fingerprint density at radius 2 is 1.96 bits per heavy atom. The van der Waals surface area contributed by atoms with Crippen LogP contribution in [0.5, 0.6) is 0 Å². The van der Waals surface area contributed by atoms with E-state index < -0.39 is 0 Å². The third-order valence-corrected chi connectivity index (χ3v) is 5.24. The smallest absolute Gasteiger partial charge is 0.161 e. The standard InChI is InChI=1S/C19H21N7/c1-26(11-17-13-3-2-4-15(13)24-25-17)19-14-9-21-10-16(14)22-18(23-19)12-5-7-20-8-6-12/h5-8,21H,2-4,9-11H2,1H3,(H,24,25). The summed E-state index contributed by atoms with van der Waals surface area (Å²) in [6, 6.07) is 3.91. The Hall–Kier alpha value is -2.80. The highest BCUT2D eigenvalue weighted by Gasteiger charge is 2.24. The Morgan fingerprint density at radius 1 is 1.08 bits per heavy atom. The molecule has 26 heavy (non-hydrogen) atoms. The van der Waals surface area contributed by atoms with Crippen LogP contribution in [0, 0.1) is 0 Å². The molecule has 2 N–H and O–H groups in total. The number of H-pyrrole nitrogens is 1. The van der Waals surface area contributed by atoms with Crippen LogP contribution in [0.3, 0.4) is 0 Å². The average Bonchev–Trinajstić information content (AvgIpc) is 3.39. The van der Waals surface area contributed by atoms with Gasteiger partial charge in [0.25, 0.3) is 0 Å². The summed E-state index contributed by atoms with van der Waals surface area (Å²) >= 11 is 0. The molecule has 0 unspecified atom stereocenters. The van der Waals surface area contributed by atoms with Crippen LogP contribution in [0.15, 0.2) is 24.5 Å². The van der Waals surface area contributed by atoms with Gasteiger partial charge in [-0.15, -0.1) is 0 Å². The third kappa shape index (κ3) is 2.55. The molecule has 0 spiro atoms. The number of hydrogen-bond acceptors (Lipinski definition) is 6. The summed E-state index contributed by atoms with van der Waals surface area (Å²) in [5.41, 5.74) is 7.11. The van der Waals surface area contributed by atoms with Gasteiger partial charge in [0.15, 0.2) is 5.82 Å². The van der Waals surface area contributed by atoms with Gasteiger partial charge in [-0.05, 0) is 37.0 Å². The molecule has 0 bridgehead atoms. The van der Waals surface area contributed by atoms with Gasteiger partial charge in [-0.25, -0.2) is 9.97 Å². The monoisotopic (exact) mass is 347 g/mol. The molecule has 0 atom stereocenters. The fourth-order valence-corrected chi connectivity index (χ4v) is 3.91. The van der Waals surface area contributed by atoms with Crippen molar-refractivity contribution in [2.24, 2.45) is 0 Å². The van der Waals surface area contributed by atoms with Crippen molar-refractivity contribution in [2.75, 3.05) is 11.9 Å². The zero-order valence-corrected chi connectivity index (χ0v) is 14.8. The Kier molecular flexibility index (Phi) is 3.67. The predicted octanol–water partition coefficient (Wildman–Crippen LogP) is 1.99. The molecular formula is C19H21N7. The van der Waals surface area contributed by atoms with Crippen molar-refractivity contribution >= 4 is 5.82 Å². The quantitative estimate of drug-likeness (QED) is 0.751. The van der Waals surface area contributed by atoms with E-state index in [0.29, 0.717) is 0 Å². The topological polar surface area (TPSA) is 82.6 Å². The van der Waals surface area contributed by atoms with Crippen LogP contribution >= 0.6 is 0 Å². The van der Waals surface area contributed by atoms with Gasteiger partial charge in [0.2, 0.25) is 0 Å². The van der Waals surface area contributed by atoms with E-state index in [1.54, 1.807) is 12.4 Å². The van der Waals surface area contributed by atoms with E-state index in [-0.39, 0.29) is 0 Å². The summed E-state index contributed by atoms with van der Waals surface area (Å²) in [7, 11) is 2.09. The van der Waals surface area contributed by atoms with Crippen molar-refractivity contribution in [1.82, 2.24) is 30.5 Å². The molecule has 7 heteroatoms. The molecule has 0 saturated heterocycles. The van der Waals surface area contributed by atoms with Crippen LogP contribution < -0.4 is 10.2 Å². The summed E-state index contributed by atoms with van der Waals surface area (Å²) < 4.78 is 0. The van der Waals surface area contributed by atoms with Crippen molar-refractivity contribution < 1.29 is 0 Å². The van der Waals surface area contributed by atoms with Crippen molar-refractivity contribution in [1.29, 1.82) is 0 Å². The van der Waals surface area contributed by atoms with Crippen LogP contribution in [0.4, 0.5) is 5.82 Å². The van der Waals surface area contributed by atoms with Gasteiger partial charge in [-0.3, -0.25) is 10.1 Å². The number of rotatable bonds is 4. The second kappa shape index (κ2) is 6.17. The van der Waals surface area contributed by atoms with E-state index in [0.717, 1.165) is 61.1 Å². The first-order valence-corrected chi connectivity index (χ1v) is 9.06. The minimum absolute atomic E-state index is 0.754. The molecule has 0 aromatic carbocycles. The molecule has 1 aliphatic heterocycles. The molecule has 1 aliphatic carbocycles. The zero-order valence-electron chi connectivity index (χ0n) is 14.8. The molecule has 3 aromatic heterocycles. The normalized spacial score (nSPS) is 15.1. The Labute approximate surface area is 151 Å². The van der Waals surface area contributed by atoms with Crippen molar-refractivity contribution in [3.05, 3.63) is 52.7 Å². The number of hydrogen-bond donors (Lipinski definition) is 2. The maximum Gasteiger partial charge on any atom is 0.161 e. The van der Waals surface area contributed by atoms with Crippen LogP contribution in [0.1, 0.15) is 34.6 Å². The first-order chi connectivity index (χ1) is 12.8. The van der Waals surface area contributed by atoms with Crippen molar-refractivity contribution in [2.45, 2.75) is 38.9 Å². The SMILES string of the molecule is CN(Cc1n[nH]c2c1CCC2)c1nc(-c2ccncc2)nc2c1CNC2. The average molecular weight is 347 g/mol. The van der Waals surface area contributed by atoms with Crippen LogP contribution in [0.25, 0.3) is 11.4 Å². The summed E-state index contributed by atoms with van der Waals surface area (Å²) in [5, 5.41) is 11.1. The molecular weight excluding hydrogens is 326 g/mol. The van der Waals surface area contributed by atoms with Crippen molar-refractivity contribution in [3.63, 3.8) is 0 Å². The number of anilines is 1. The molecule has 0 fully saturated rings. The van der Waals surface area contributed by atoms with Gasteiger partial charge >= 0.3 is 0 Å². The molecule has 5 rings (SSSR count). The highest BCUT2D eigenvalue weighted by Crippen LogP contribution is 2.29. The maximum absolute atomic E-state index is 4.90. The molecule has 2 aliphatic rings. The van der Waals surface area contributed by atoms with Crippen molar-refractivity contribution in [3.8, 4) is 11.4 Å². The number of aromatic amines is 1. The second-order valence-corrected chi connectivity index (χ2v) is 6.97. The van der Waals surface area contributed by atoms with Gasteiger partial charge in [-0.2, -0.15) is 5.10 Å². The number of nitrogens with zero attached hydrogens (tertiary/aromatic N) is 5. The second-order valence-electron chi connectivity index (χ2n) is 6.97. The van der Waals surface area contributed by atoms with Crippen LogP contribution in [0.2, 0.25) is 0 Å². The lowest BCUT2D eigenvalue weighted by molar-refractivity contribution is 0.755. The van der Waals surface area contributed by atoms with E-state index in [9.17, 15) is 0 Å². The first-order valence-electron chi connectivity index (χ1n) is 9.06. The largest absolute Gasteiger partial charge is 0.353 e. The number of pyridine rings is 1. The fourth-order valence-electron chi connectivity index (χ4n) is 3.91. The van der Waals surface area contributed by atoms with E-state index >= 15 is 0 Å². The van der Waals surface area contributed by atoms with Crippen LogP contribution in [-0.4, -0.2) is 32.2 Å². The van der Waals surface area contributed by atoms with Gasteiger partial charge in [0, 0.05) is 49.4 Å². The van der Waals surface area contributed by atoms with E-state index in [1.807, 2.05) is 12.1 Å². The van der Waals surface area contributed by atoms with Gasteiger partial charge in [0.05, 0.1) is 17.9 Å². The zero-order chi connectivity index (χ0) is 17.5. The fraction of sp³-hybridized carbons (Fsp3) is 0.368. The number of aryl methyl sites for hydroxylation is 1. The lowest BCUT2D eigenvalue weighted by Gasteiger charge is -2.21. The minimum atomic E-state index is 0.754.